The minimum atomic E-state index is -0.683. The van der Waals surface area contributed by atoms with E-state index in [1.165, 1.54) is 18.2 Å². The summed E-state index contributed by atoms with van der Waals surface area (Å²) in [5, 5.41) is 21.0. The van der Waals surface area contributed by atoms with Crippen LogP contribution in [-0.2, 0) is 10.2 Å². The van der Waals surface area contributed by atoms with E-state index in [0.717, 1.165) is 5.56 Å². The topological polar surface area (TPSA) is 138 Å². The summed E-state index contributed by atoms with van der Waals surface area (Å²) < 4.78 is 16.6. The van der Waals surface area contributed by atoms with E-state index in [0.29, 0.717) is 16.9 Å². The molecular formula is C28H25N3O6. The molecule has 1 heterocycles. The van der Waals surface area contributed by atoms with Crippen LogP contribution >= 0.6 is 0 Å². The summed E-state index contributed by atoms with van der Waals surface area (Å²) in [6.07, 6.45) is 0. The lowest BCUT2D eigenvalue weighted by Gasteiger charge is -2.26. The number of allylic oxidation sites excluding steroid dienone is 1. The molecule has 1 atom stereocenters. The zero-order chi connectivity index (χ0) is 26.7. The molecule has 0 saturated heterocycles. The lowest BCUT2D eigenvalue weighted by atomic mass is 9.83. The predicted molar refractivity (Wildman–Crippen MR) is 135 cm³/mol. The fourth-order valence-corrected chi connectivity index (χ4v) is 4.01. The molecule has 9 nitrogen and oxygen atoms in total. The molecule has 0 spiro atoms. The molecule has 1 aliphatic heterocycles. The number of nitro benzene ring substituents is 1. The number of hydrogen-bond donors (Lipinski definition) is 1. The van der Waals surface area contributed by atoms with Gasteiger partial charge in [-0.05, 0) is 34.7 Å². The highest BCUT2D eigenvalue weighted by Gasteiger charge is 2.32. The van der Waals surface area contributed by atoms with Gasteiger partial charge in [0.05, 0.1) is 10.8 Å². The van der Waals surface area contributed by atoms with Gasteiger partial charge in [0.15, 0.2) is 6.61 Å². The van der Waals surface area contributed by atoms with Crippen molar-refractivity contribution in [1.29, 1.82) is 5.26 Å². The number of fused-ring (bicyclic) bond motifs is 1. The molecule has 0 radical (unpaired) electrons. The number of nitrogens with zero attached hydrogens (tertiary/aromatic N) is 2. The standard InChI is InChI=1S/C28H25N3O6/c1-28(2,3)18-7-9-20(10-8-18)35-16-25(32)36-21-11-12-22-24(14-21)37-27(30)23(15-29)26(22)17-5-4-6-19(13-17)31(33)34/h4-14,26H,16,30H2,1-3H3. The van der Waals surface area contributed by atoms with Crippen molar-refractivity contribution < 1.29 is 23.9 Å². The van der Waals surface area contributed by atoms with Crippen LogP contribution in [0.25, 0.3) is 0 Å². The van der Waals surface area contributed by atoms with E-state index in [4.69, 9.17) is 19.9 Å². The average molecular weight is 500 g/mol. The Morgan fingerprint density at radius 2 is 1.81 bits per heavy atom. The van der Waals surface area contributed by atoms with Crippen LogP contribution in [0, 0.1) is 21.4 Å². The first-order chi connectivity index (χ1) is 17.6. The monoisotopic (exact) mass is 499 g/mol. The van der Waals surface area contributed by atoms with Crippen LogP contribution < -0.4 is 19.9 Å². The van der Waals surface area contributed by atoms with Crippen LogP contribution in [0.1, 0.15) is 43.4 Å². The quantitative estimate of drug-likeness (QED) is 0.214. The van der Waals surface area contributed by atoms with Crippen molar-refractivity contribution in [3.05, 3.63) is 105 Å². The molecule has 1 aliphatic rings. The third kappa shape index (κ3) is 5.54. The van der Waals surface area contributed by atoms with Gasteiger partial charge in [-0.25, -0.2) is 4.79 Å². The number of non-ortho nitro benzene ring substituents is 1. The van der Waals surface area contributed by atoms with Crippen molar-refractivity contribution in [1.82, 2.24) is 0 Å². The van der Waals surface area contributed by atoms with E-state index in [2.05, 4.69) is 20.8 Å². The minimum absolute atomic E-state index is 0.00675. The summed E-state index contributed by atoms with van der Waals surface area (Å²) in [7, 11) is 0. The number of ether oxygens (including phenoxy) is 3. The number of benzene rings is 3. The molecule has 9 heteroatoms. The molecule has 2 N–H and O–H groups in total. The first kappa shape index (κ1) is 25.3. The van der Waals surface area contributed by atoms with E-state index in [1.807, 2.05) is 18.2 Å². The maximum Gasteiger partial charge on any atom is 0.349 e. The molecule has 0 aromatic heterocycles. The minimum Gasteiger partial charge on any atom is -0.482 e. The van der Waals surface area contributed by atoms with Crippen LogP contribution in [-0.4, -0.2) is 17.5 Å². The van der Waals surface area contributed by atoms with Crippen LogP contribution in [0.3, 0.4) is 0 Å². The maximum atomic E-state index is 12.4. The van der Waals surface area contributed by atoms with Crippen molar-refractivity contribution in [2.75, 3.05) is 6.61 Å². The van der Waals surface area contributed by atoms with Crippen molar-refractivity contribution in [3.8, 4) is 23.3 Å². The van der Waals surface area contributed by atoms with Gasteiger partial charge in [0.2, 0.25) is 5.88 Å². The molecule has 0 aliphatic carbocycles. The molecule has 3 aromatic rings. The van der Waals surface area contributed by atoms with E-state index in [-0.39, 0.29) is 40.7 Å². The van der Waals surface area contributed by atoms with Gasteiger partial charge in [0.1, 0.15) is 28.9 Å². The number of nitrogens with two attached hydrogens (primary N) is 1. The van der Waals surface area contributed by atoms with Crippen molar-refractivity contribution in [2.24, 2.45) is 5.73 Å². The molecule has 37 heavy (non-hydrogen) atoms. The van der Waals surface area contributed by atoms with E-state index < -0.39 is 16.8 Å². The smallest absolute Gasteiger partial charge is 0.349 e. The highest BCUT2D eigenvalue weighted by molar-refractivity contribution is 5.74. The molecule has 1 unspecified atom stereocenters. The third-order valence-electron chi connectivity index (χ3n) is 5.91. The third-order valence-corrected chi connectivity index (χ3v) is 5.91. The van der Waals surface area contributed by atoms with Crippen LogP contribution in [0.2, 0.25) is 0 Å². The Morgan fingerprint density at radius 1 is 1.11 bits per heavy atom. The van der Waals surface area contributed by atoms with E-state index in [9.17, 15) is 20.2 Å². The summed E-state index contributed by atoms with van der Waals surface area (Å²) in [6.45, 7) is 6.03. The maximum absolute atomic E-state index is 12.4. The van der Waals surface area contributed by atoms with Gasteiger partial charge in [-0.1, -0.05) is 51.1 Å². The molecule has 0 amide bonds. The Morgan fingerprint density at radius 3 is 2.46 bits per heavy atom. The first-order valence-corrected chi connectivity index (χ1v) is 11.5. The summed E-state index contributed by atoms with van der Waals surface area (Å²) in [6, 6.07) is 20.2. The molecule has 0 bridgehead atoms. The number of carbonyl (C=O) groups is 1. The van der Waals surface area contributed by atoms with Crippen LogP contribution in [0.4, 0.5) is 5.69 Å². The van der Waals surface area contributed by atoms with Gasteiger partial charge >= 0.3 is 5.97 Å². The second-order valence-corrected chi connectivity index (χ2v) is 9.51. The van der Waals surface area contributed by atoms with Crippen molar-refractivity contribution in [2.45, 2.75) is 32.1 Å². The summed E-state index contributed by atoms with van der Waals surface area (Å²) in [4.78, 5) is 23.2. The lowest BCUT2D eigenvalue weighted by Crippen LogP contribution is -2.22. The van der Waals surface area contributed by atoms with Crippen LogP contribution in [0.5, 0.6) is 17.2 Å². The number of carbonyl (C=O) groups excluding carboxylic acids is 1. The largest absolute Gasteiger partial charge is 0.482 e. The molecular weight excluding hydrogens is 474 g/mol. The van der Waals surface area contributed by atoms with Crippen LogP contribution in [0.15, 0.2) is 78.2 Å². The van der Waals surface area contributed by atoms with Gasteiger partial charge in [0, 0.05) is 23.8 Å². The zero-order valence-corrected chi connectivity index (χ0v) is 20.6. The van der Waals surface area contributed by atoms with Gasteiger partial charge in [-0.2, -0.15) is 5.26 Å². The number of hydrogen-bond acceptors (Lipinski definition) is 8. The lowest BCUT2D eigenvalue weighted by molar-refractivity contribution is -0.384. The van der Waals surface area contributed by atoms with E-state index in [1.54, 1.807) is 36.4 Å². The summed E-state index contributed by atoms with van der Waals surface area (Å²) >= 11 is 0. The second-order valence-electron chi connectivity index (χ2n) is 9.51. The molecule has 4 rings (SSSR count). The Bertz CT molecular complexity index is 1430. The summed E-state index contributed by atoms with van der Waals surface area (Å²) in [5.41, 5.74) is 8.24. The molecule has 188 valence electrons. The van der Waals surface area contributed by atoms with Crippen molar-refractivity contribution in [3.63, 3.8) is 0 Å². The number of rotatable bonds is 6. The van der Waals surface area contributed by atoms with Crippen molar-refractivity contribution >= 4 is 11.7 Å². The Kier molecular flexibility index (Phi) is 6.85. The molecule has 3 aromatic carbocycles. The zero-order valence-electron chi connectivity index (χ0n) is 20.6. The number of nitro groups is 1. The number of esters is 1. The Hall–Kier alpha value is -4.84. The first-order valence-electron chi connectivity index (χ1n) is 11.5. The van der Waals surface area contributed by atoms with Gasteiger partial charge in [-0.3, -0.25) is 10.1 Å². The Labute approximate surface area is 213 Å². The highest BCUT2D eigenvalue weighted by atomic mass is 16.6. The van der Waals surface area contributed by atoms with Gasteiger partial charge < -0.3 is 19.9 Å². The van der Waals surface area contributed by atoms with Gasteiger partial charge in [0.25, 0.3) is 5.69 Å². The predicted octanol–water partition coefficient (Wildman–Crippen LogP) is 5.09. The SMILES string of the molecule is CC(C)(C)c1ccc(OCC(=O)Oc2ccc3c(c2)OC(N)=C(C#N)C3c2cccc([N+](=O)[O-])c2)cc1. The fraction of sp³-hybridized carbons (Fsp3) is 0.214. The summed E-state index contributed by atoms with van der Waals surface area (Å²) in [5.74, 6) is -0.416. The number of nitriles is 1. The van der Waals surface area contributed by atoms with E-state index >= 15 is 0 Å². The van der Waals surface area contributed by atoms with Gasteiger partial charge in [-0.15, -0.1) is 0 Å². The normalized spacial score (nSPS) is 14.7. The second kappa shape index (κ2) is 10.0. The molecule has 0 saturated carbocycles. The fourth-order valence-electron chi connectivity index (χ4n) is 4.01. The molecule has 0 fully saturated rings. The highest BCUT2D eigenvalue weighted by Crippen LogP contribution is 2.44. The Balaban J connectivity index is 1.51. The average Bonchev–Trinajstić information content (AvgIpc) is 2.86.